The molecule has 1 aromatic rings. The summed E-state index contributed by atoms with van der Waals surface area (Å²) in [7, 11) is 1.61. The third kappa shape index (κ3) is 4.05. The first-order chi connectivity index (χ1) is 9.20. The minimum atomic E-state index is 0.164. The van der Waals surface area contributed by atoms with Gasteiger partial charge in [0.1, 0.15) is 5.75 Å². The highest BCUT2D eigenvalue weighted by Crippen LogP contribution is 2.26. The van der Waals surface area contributed by atoms with E-state index in [1.165, 1.54) is 6.42 Å². The van der Waals surface area contributed by atoms with Gasteiger partial charge in [-0.15, -0.1) is 0 Å². The Bertz CT molecular complexity index is 439. The summed E-state index contributed by atoms with van der Waals surface area (Å²) < 4.78 is 11.6. The van der Waals surface area contributed by atoms with Crippen molar-refractivity contribution in [1.29, 1.82) is 0 Å². The van der Waals surface area contributed by atoms with Crippen LogP contribution in [0.2, 0.25) is 0 Å². The molecule has 0 bridgehead atoms. The molecule has 1 saturated heterocycles. The zero-order valence-electron chi connectivity index (χ0n) is 11.2. The summed E-state index contributed by atoms with van der Waals surface area (Å²) in [6, 6.07) is 5.45. The van der Waals surface area contributed by atoms with Crippen LogP contribution in [0.25, 0.3) is 0 Å². The van der Waals surface area contributed by atoms with Crippen LogP contribution in [-0.2, 0) is 4.74 Å². The van der Waals surface area contributed by atoms with Gasteiger partial charge in [0, 0.05) is 18.6 Å². The molecule has 0 N–H and O–H groups in total. The molecule has 1 aromatic carbocycles. The van der Waals surface area contributed by atoms with Crippen LogP contribution in [0.5, 0.6) is 5.75 Å². The standard InChI is InChI=1S/C15H19BrO3/c1-18-15-8-5-11(10-13(15)16)14(17)7-6-12-4-2-3-9-19-12/h5,8,10,12H,2-4,6-7,9H2,1H3. The lowest BCUT2D eigenvalue weighted by molar-refractivity contribution is 0.0104. The quantitative estimate of drug-likeness (QED) is 0.767. The van der Waals surface area contributed by atoms with Crippen LogP contribution in [0, 0.1) is 0 Å². The molecular formula is C15H19BrO3. The van der Waals surface area contributed by atoms with Crippen molar-refractivity contribution in [2.24, 2.45) is 0 Å². The van der Waals surface area contributed by atoms with E-state index in [9.17, 15) is 4.79 Å². The highest BCUT2D eigenvalue weighted by atomic mass is 79.9. The van der Waals surface area contributed by atoms with Crippen molar-refractivity contribution >= 4 is 21.7 Å². The first kappa shape index (κ1) is 14.5. The summed E-state index contributed by atoms with van der Waals surface area (Å²) in [4.78, 5) is 12.1. The third-order valence-electron chi connectivity index (χ3n) is 3.44. The molecule has 0 amide bonds. The average Bonchev–Trinajstić information content (AvgIpc) is 2.45. The van der Waals surface area contributed by atoms with Gasteiger partial charge in [-0.1, -0.05) is 0 Å². The van der Waals surface area contributed by atoms with Gasteiger partial charge >= 0.3 is 0 Å². The summed E-state index contributed by atoms with van der Waals surface area (Å²) in [6.07, 6.45) is 5.08. The number of Topliss-reactive ketones (excluding diaryl/α,β-unsaturated/α-hetero) is 1. The molecular weight excluding hydrogens is 308 g/mol. The van der Waals surface area contributed by atoms with Gasteiger partial charge < -0.3 is 9.47 Å². The largest absolute Gasteiger partial charge is 0.496 e. The van der Waals surface area contributed by atoms with Gasteiger partial charge in [0.2, 0.25) is 0 Å². The van der Waals surface area contributed by atoms with Crippen molar-refractivity contribution in [3.05, 3.63) is 28.2 Å². The zero-order valence-corrected chi connectivity index (χ0v) is 12.7. The Morgan fingerprint density at radius 2 is 2.32 bits per heavy atom. The van der Waals surface area contributed by atoms with Crippen molar-refractivity contribution in [3.8, 4) is 5.75 Å². The van der Waals surface area contributed by atoms with Crippen LogP contribution in [0.3, 0.4) is 0 Å². The molecule has 0 saturated carbocycles. The summed E-state index contributed by atoms with van der Waals surface area (Å²) in [5, 5.41) is 0. The van der Waals surface area contributed by atoms with E-state index < -0.39 is 0 Å². The predicted octanol–water partition coefficient (Wildman–Crippen LogP) is 3.99. The molecule has 0 aromatic heterocycles. The average molecular weight is 327 g/mol. The molecule has 1 unspecified atom stereocenters. The third-order valence-corrected chi connectivity index (χ3v) is 4.06. The Labute approximate surface area is 122 Å². The Morgan fingerprint density at radius 1 is 1.47 bits per heavy atom. The maximum atomic E-state index is 12.1. The number of ketones is 1. The highest BCUT2D eigenvalue weighted by Gasteiger charge is 2.16. The van der Waals surface area contributed by atoms with E-state index in [0.717, 1.165) is 41.7 Å². The molecule has 3 nitrogen and oxygen atoms in total. The van der Waals surface area contributed by atoms with Gasteiger partial charge in [-0.3, -0.25) is 4.79 Å². The molecule has 19 heavy (non-hydrogen) atoms. The Morgan fingerprint density at radius 3 is 2.95 bits per heavy atom. The van der Waals surface area contributed by atoms with Crippen LogP contribution < -0.4 is 4.74 Å². The van der Waals surface area contributed by atoms with E-state index in [0.29, 0.717) is 6.42 Å². The fourth-order valence-electron chi connectivity index (χ4n) is 2.31. The molecule has 0 radical (unpaired) electrons. The molecule has 104 valence electrons. The van der Waals surface area contributed by atoms with Crippen LogP contribution in [0.1, 0.15) is 42.5 Å². The second-order valence-corrected chi connectivity index (χ2v) is 5.65. The monoisotopic (exact) mass is 326 g/mol. The van der Waals surface area contributed by atoms with Crippen LogP contribution >= 0.6 is 15.9 Å². The molecule has 1 atom stereocenters. The topological polar surface area (TPSA) is 35.5 Å². The van der Waals surface area contributed by atoms with Crippen LogP contribution in [0.4, 0.5) is 0 Å². The molecule has 4 heteroatoms. The maximum absolute atomic E-state index is 12.1. The van der Waals surface area contributed by atoms with Crippen molar-refractivity contribution < 1.29 is 14.3 Å². The number of hydrogen-bond acceptors (Lipinski definition) is 3. The van der Waals surface area contributed by atoms with E-state index in [-0.39, 0.29) is 11.9 Å². The molecule has 0 aliphatic carbocycles. The van der Waals surface area contributed by atoms with Gasteiger partial charge in [0.05, 0.1) is 17.7 Å². The molecule has 0 spiro atoms. The number of methoxy groups -OCH3 is 1. The van der Waals surface area contributed by atoms with E-state index in [2.05, 4.69) is 15.9 Å². The van der Waals surface area contributed by atoms with E-state index in [1.807, 2.05) is 18.2 Å². The normalized spacial score (nSPS) is 19.2. The number of carbonyl (C=O) groups excluding carboxylic acids is 1. The summed E-state index contributed by atoms with van der Waals surface area (Å²) >= 11 is 3.40. The molecule has 2 rings (SSSR count). The fourth-order valence-corrected chi connectivity index (χ4v) is 2.85. The molecule has 1 fully saturated rings. The summed E-state index contributed by atoms with van der Waals surface area (Å²) in [5.74, 6) is 0.907. The minimum Gasteiger partial charge on any atom is -0.496 e. The summed E-state index contributed by atoms with van der Waals surface area (Å²) in [6.45, 7) is 0.840. The molecule has 1 heterocycles. The van der Waals surface area contributed by atoms with Crippen molar-refractivity contribution in [1.82, 2.24) is 0 Å². The predicted molar refractivity (Wildman–Crippen MR) is 77.8 cm³/mol. The van der Waals surface area contributed by atoms with Crippen molar-refractivity contribution in [2.45, 2.75) is 38.2 Å². The van der Waals surface area contributed by atoms with Gasteiger partial charge in [0.25, 0.3) is 0 Å². The first-order valence-electron chi connectivity index (χ1n) is 6.69. The second-order valence-electron chi connectivity index (χ2n) is 4.80. The number of hydrogen-bond donors (Lipinski definition) is 0. The Balaban J connectivity index is 1.90. The second kappa shape index (κ2) is 7.06. The van der Waals surface area contributed by atoms with Crippen molar-refractivity contribution in [2.75, 3.05) is 13.7 Å². The Kier molecular flexibility index (Phi) is 5.40. The molecule has 1 aliphatic heterocycles. The van der Waals surface area contributed by atoms with Crippen LogP contribution in [0.15, 0.2) is 22.7 Å². The molecule has 1 aliphatic rings. The lowest BCUT2D eigenvalue weighted by atomic mass is 10.0. The van der Waals surface area contributed by atoms with Gasteiger partial charge in [-0.25, -0.2) is 0 Å². The highest BCUT2D eigenvalue weighted by molar-refractivity contribution is 9.10. The Hall–Kier alpha value is -0.870. The number of carbonyl (C=O) groups is 1. The van der Waals surface area contributed by atoms with E-state index in [1.54, 1.807) is 7.11 Å². The zero-order chi connectivity index (χ0) is 13.7. The van der Waals surface area contributed by atoms with Gasteiger partial charge in [-0.2, -0.15) is 0 Å². The van der Waals surface area contributed by atoms with Gasteiger partial charge in [0.15, 0.2) is 5.78 Å². The SMILES string of the molecule is COc1ccc(C(=O)CCC2CCCCO2)cc1Br. The fraction of sp³-hybridized carbons (Fsp3) is 0.533. The number of ether oxygens (including phenoxy) is 2. The lowest BCUT2D eigenvalue weighted by Gasteiger charge is -2.22. The van der Waals surface area contributed by atoms with Crippen molar-refractivity contribution in [3.63, 3.8) is 0 Å². The smallest absolute Gasteiger partial charge is 0.163 e. The van der Waals surface area contributed by atoms with E-state index >= 15 is 0 Å². The number of rotatable bonds is 5. The summed E-state index contributed by atoms with van der Waals surface area (Å²) in [5.41, 5.74) is 0.725. The number of benzene rings is 1. The maximum Gasteiger partial charge on any atom is 0.163 e. The van der Waals surface area contributed by atoms with Crippen LogP contribution in [-0.4, -0.2) is 25.6 Å². The lowest BCUT2D eigenvalue weighted by Crippen LogP contribution is -2.20. The first-order valence-corrected chi connectivity index (χ1v) is 7.48. The van der Waals surface area contributed by atoms with E-state index in [4.69, 9.17) is 9.47 Å². The number of halogens is 1. The van der Waals surface area contributed by atoms with Gasteiger partial charge in [-0.05, 0) is 59.8 Å². The minimum absolute atomic E-state index is 0.164.